The average molecular weight is 421 g/mol. The van der Waals surface area contributed by atoms with Crippen molar-refractivity contribution >= 4 is 6.09 Å². The molecule has 1 saturated heterocycles. The van der Waals surface area contributed by atoms with E-state index in [1.807, 2.05) is 45.0 Å². The molecule has 1 aliphatic heterocycles. The van der Waals surface area contributed by atoms with Crippen LogP contribution < -0.4 is 4.74 Å². The second-order valence-corrected chi connectivity index (χ2v) is 8.43. The molecule has 0 aromatic heterocycles. The summed E-state index contributed by atoms with van der Waals surface area (Å²) in [6.45, 7) is 6.59. The van der Waals surface area contributed by atoms with Crippen molar-refractivity contribution in [1.29, 1.82) is 0 Å². The first-order valence-corrected chi connectivity index (χ1v) is 9.97. The summed E-state index contributed by atoms with van der Waals surface area (Å²) in [5, 5.41) is 0. The molecule has 0 saturated carbocycles. The predicted molar refractivity (Wildman–Crippen MR) is 107 cm³/mol. The number of carbonyl (C=O) groups excluding carboxylic acids is 1. The van der Waals surface area contributed by atoms with Crippen LogP contribution in [0.25, 0.3) is 0 Å². The lowest BCUT2D eigenvalue weighted by Crippen LogP contribution is -2.41. The van der Waals surface area contributed by atoms with Gasteiger partial charge in [-0.25, -0.2) is 18.0 Å². The van der Waals surface area contributed by atoms with Gasteiger partial charge >= 0.3 is 6.09 Å². The van der Waals surface area contributed by atoms with Crippen molar-refractivity contribution in [3.63, 3.8) is 0 Å². The molecule has 0 spiro atoms. The van der Waals surface area contributed by atoms with Crippen LogP contribution in [0.2, 0.25) is 0 Å². The number of hydrogen-bond acceptors (Lipinski definition) is 3. The molecule has 2 aromatic rings. The summed E-state index contributed by atoms with van der Waals surface area (Å²) in [6, 6.07) is 8.72. The minimum atomic E-state index is -1.07. The van der Waals surface area contributed by atoms with Gasteiger partial charge in [0.15, 0.2) is 17.4 Å². The third kappa shape index (κ3) is 5.46. The minimum Gasteiger partial charge on any atom is -0.483 e. The lowest BCUT2D eigenvalue weighted by atomic mass is 9.87. The van der Waals surface area contributed by atoms with E-state index in [0.29, 0.717) is 25.2 Å². The standard InChI is InChI=1S/C23H26F3NO3/c1-23(2,3)30-22(28)27-10-8-15(9-11-27)18-7-5-4-6-16(18)14-29-21-19(25)12-17(24)13-20(21)26/h4-7,12-13,15H,8-11,14H2,1-3H3. The van der Waals surface area contributed by atoms with Crippen LogP contribution in [-0.2, 0) is 11.3 Å². The van der Waals surface area contributed by atoms with Crippen molar-refractivity contribution in [2.24, 2.45) is 0 Å². The molecule has 7 heteroatoms. The van der Waals surface area contributed by atoms with Gasteiger partial charge in [-0.05, 0) is 50.7 Å². The van der Waals surface area contributed by atoms with E-state index in [4.69, 9.17) is 9.47 Å². The summed E-state index contributed by atoms with van der Waals surface area (Å²) in [4.78, 5) is 14.0. The van der Waals surface area contributed by atoms with Crippen molar-refractivity contribution in [3.05, 3.63) is 65.0 Å². The van der Waals surface area contributed by atoms with Crippen LogP contribution >= 0.6 is 0 Å². The van der Waals surface area contributed by atoms with Gasteiger partial charge in [-0.2, -0.15) is 0 Å². The maximum Gasteiger partial charge on any atom is 0.410 e. The molecule has 0 atom stereocenters. The van der Waals surface area contributed by atoms with E-state index < -0.39 is 28.8 Å². The summed E-state index contributed by atoms with van der Waals surface area (Å²) in [5.41, 5.74) is 1.28. The molecule has 3 rings (SSSR count). The highest BCUT2D eigenvalue weighted by molar-refractivity contribution is 5.68. The molecule has 4 nitrogen and oxygen atoms in total. The molecule has 1 fully saturated rings. The van der Waals surface area contributed by atoms with Gasteiger partial charge < -0.3 is 14.4 Å². The van der Waals surface area contributed by atoms with Crippen LogP contribution in [0.5, 0.6) is 5.75 Å². The smallest absolute Gasteiger partial charge is 0.410 e. The number of halogens is 3. The summed E-state index contributed by atoms with van der Waals surface area (Å²) in [5.74, 6) is -3.54. The molecule has 162 valence electrons. The third-order valence-corrected chi connectivity index (χ3v) is 4.98. The molecule has 0 aliphatic carbocycles. The Morgan fingerprint density at radius 1 is 1.07 bits per heavy atom. The number of carbonyl (C=O) groups is 1. The largest absolute Gasteiger partial charge is 0.483 e. The molecular formula is C23H26F3NO3. The van der Waals surface area contributed by atoms with Crippen molar-refractivity contribution in [2.75, 3.05) is 13.1 Å². The normalized spacial score (nSPS) is 15.2. The van der Waals surface area contributed by atoms with Crippen LogP contribution in [0.4, 0.5) is 18.0 Å². The van der Waals surface area contributed by atoms with E-state index in [9.17, 15) is 18.0 Å². The Kier molecular flexibility index (Phi) is 6.58. The molecule has 0 unspecified atom stereocenters. The average Bonchev–Trinajstić information content (AvgIpc) is 2.66. The number of benzene rings is 2. The van der Waals surface area contributed by atoms with E-state index in [-0.39, 0.29) is 18.6 Å². The zero-order chi connectivity index (χ0) is 21.9. The van der Waals surface area contributed by atoms with Gasteiger partial charge in [0.1, 0.15) is 18.0 Å². The van der Waals surface area contributed by atoms with Gasteiger partial charge in [0.05, 0.1) is 0 Å². The topological polar surface area (TPSA) is 38.8 Å². The van der Waals surface area contributed by atoms with Gasteiger partial charge in [-0.1, -0.05) is 24.3 Å². The maximum absolute atomic E-state index is 13.9. The van der Waals surface area contributed by atoms with E-state index in [0.717, 1.165) is 24.0 Å². The highest BCUT2D eigenvalue weighted by atomic mass is 19.1. The molecule has 0 radical (unpaired) electrons. The lowest BCUT2D eigenvalue weighted by Gasteiger charge is -2.34. The second kappa shape index (κ2) is 8.98. The van der Waals surface area contributed by atoms with Crippen LogP contribution in [0, 0.1) is 17.5 Å². The molecule has 1 aliphatic rings. The molecule has 0 bridgehead atoms. The molecular weight excluding hydrogens is 395 g/mol. The predicted octanol–water partition coefficient (Wildman–Crippen LogP) is 5.80. The first-order chi connectivity index (χ1) is 14.1. The fourth-order valence-corrected chi connectivity index (χ4v) is 3.58. The number of ether oxygens (including phenoxy) is 2. The Hall–Kier alpha value is -2.70. The van der Waals surface area contributed by atoms with E-state index >= 15 is 0 Å². The number of nitrogens with zero attached hydrogens (tertiary/aromatic N) is 1. The van der Waals surface area contributed by atoms with Crippen molar-refractivity contribution in [1.82, 2.24) is 4.90 Å². The summed E-state index contributed by atoms with van der Waals surface area (Å²) >= 11 is 0. The number of rotatable bonds is 4. The van der Waals surface area contributed by atoms with Gasteiger partial charge in [-0.15, -0.1) is 0 Å². The fraction of sp³-hybridized carbons (Fsp3) is 0.435. The minimum absolute atomic E-state index is 0.0398. The van der Waals surface area contributed by atoms with Crippen molar-refractivity contribution in [3.8, 4) is 5.75 Å². The molecule has 2 aromatic carbocycles. The summed E-state index contributed by atoms with van der Waals surface area (Å²) in [6.07, 6.45) is 1.17. The zero-order valence-corrected chi connectivity index (χ0v) is 17.4. The Morgan fingerprint density at radius 2 is 1.67 bits per heavy atom. The van der Waals surface area contributed by atoms with Crippen molar-refractivity contribution in [2.45, 2.75) is 51.7 Å². The molecule has 0 N–H and O–H groups in total. The van der Waals surface area contributed by atoms with Crippen LogP contribution in [0.3, 0.4) is 0 Å². The van der Waals surface area contributed by atoms with Crippen LogP contribution in [0.1, 0.15) is 50.7 Å². The monoisotopic (exact) mass is 421 g/mol. The van der Waals surface area contributed by atoms with Gasteiger partial charge in [-0.3, -0.25) is 0 Å². The van der Waals surface area contributed by atoms with Gasteiger partial charge in [0.2, 0.25) is 0 Å². The fourth-order valence-electron chi connectivity index (χ4n) is 3.58. The number of hydrogen-bond donors (Lipinski definition) is 0. The van der Waals surface area contributed by atoms with E-state index in [2.05, 4.69) is 0 Å². The van der Waals surface area contributed by atoms with Crippen LogP contribution in [-0.4, -0.2) is 29.7 Å². The summed E-state index contributed by atoms with van der Waals surface area (Å²) < 4.78 is 51.6. The first kappa shape index (κ1) is 22.0. The van der Waals surface area contributed by atoms with Crippen molar-refractivity contribution < 1.29 is 27.4 Å². The van der Waals surface area contributed by atoms with Gasteiger partial charge in [0, 0.05) is 25.2 Å². The number of likely N-dealkylation sites (tertiary alicyclic amines) is 1. The number of piperidine rings is 1. The Bertz CT molecular complexity index is 880. The highest BCUT2D eigenvalue weighted by Crippen LogP contribution is 2.32. The second-order valence-electron chi connectivity index (χ2n) is 8.43. The first-order valence-electron chi connectivity index (χ1n) is 9.97. The molecule has 1 heterocycles. The Labute approximate surface area is 174 Å². The maximum atomic E-state index is 13.9. The Balaban J connectivity index is 1.66. The van der Waals surface area contributed by atoms with Crippen LogP contribution in [0.15, 0.2) is 36.4 Å². The van der Waals surface area contributed by atoms with Gasteiger partial charge in [0.25, 0.3) is 0 Å². The Morgan fingerprint density at radius 3 is 2.27 bits per heavy atom. The van der Waals surface area contributed by atoms with E-state index in [1.54, 1.807) is 4.90 Å². The number of amides is 1. The highest BCUT2D eigenvalue weighted by Gasteiger charge is 2.28. The molecule has 30 heavy (non-hydrogen) atoms. The zero-order valence-electron chi connectivity index (χ0n) is 17.4. The molecule has 1 amide bonds. The SMILES string of the molecule is CC(C)(C)OC(=O)N1CCC(c2ccccc2COc2c(F)cc(F)cc2F)CC1. The third-order valence-electron chi connectivity index (χ3n) is 4.98. The quantitative estimate of drug-likeness (QED) is 0.627. The lowest BCUT2D eigenvalue weighted by molar-refractivity contribution is 0.0204. The van der Waals surface area contributed by atoms with E-state index in [1.165, 1.54) is 0 Å². The summed E-state index contributed by atoms with van der Waals surface area (Å²) in [7, 11) is 0.